The fraction of sp³-hybridized carbons (Fsp3) is 0.316. The first kappa shape index (κ1) is 17.6. The lowest BCUT2D eigenvalue weighted by Gasteiger charge is -2.36. The minimum Gasteiger partial charge on any atom is -0.353 e. The molecule has 0 aliphatic carbocycles. The first-order chi connectivity index (χ1) is 11.9. The molecule has 1 atom stereocenters. The Morgan fingerprint density at radius 1 is 1.00 bits per heavy atom. The Morgan fingerprint density at radius 2 is 1.60 bits per heavy atom. The van der Waals surface area contributed by atoms with E-state index in [1.807, 2.05) is 44.2 Å². The van der Waals surface area contributed by atoms with Crippen LogP contribution in [0.5, 0.6) is 0 Å². The SMILES string of the molecule is CC(C)C1C(=O)NCCN1S(=O)(=O)c1ccc(-c2ccccc2)cc1. The number of hydrogen-bond acceptors (Lipinski definition) is 3. The van der Waals surface area contributed by atoms with Crippen LogP contribution in [0.3, 0.4) is 0 Å². The molecule has 0 bridgehead atoms. The predicted molar refractivity (Wildman–Crippen MR) is 97.4 cm³/mol. The van der Waals surface area contributed by atoms with Crippen LogP contribution >= 0.6 is 0 Å². The van der Waals surface area contributed by atoms with E-state index in [0.717, 1.165) is 11.1 Å². The minimum atomic E-state index is -3.72. The molecule has 25 heavy (non-hydrogen) atoms. The van der Waals surface area contributed by atoms with E-state index in [1.165, 1.54) is 4.31 Å². The zero-order valence-electron chi connectivity index (χ0n) is 14.3. The fourth-order valence-electron chi connectivity index (χ4n) is 3.15. The van der Waals surface area contributed by atoms with Gasteiger partial charge in [0.1, 0.15) is 6.04 Å². The Morgan fingerprint density at radius 3 is 2.20 bits per heavy atom. The van der Waals surface area contributed by atoms with Gasteiger partial charge in [-0.15, -0.1) is 0 Å². The molecule has 1 heterocycles. The monoisotopic (exact) mass is 358 g/mol. The van der Waals surface area contributed by atoms with Crippen LogP contribution in [-0.4, -0.2) is 37.8 Å². The van der Waals surface area contributed by atoms with E-state index in [0.29, 0.717) is 6.54 Å². The third kappa shape index (κ3) is 3.45. The highest BCUT2D eigenvalue weighted by atomic mass is 32.2. The number of amides is 1. The number of rotatable bonds is 4. The van der Waals surface area contributed by atoms with Crippen LogP contribution in [0.4, 0.5) is 0 Å². The highest BCUT2D eigenvalue weighted by Crippen LogP contribution is 2.26. The highest BCUT2D eigenvalue weighted by Gasteiger charge is 2.40. The van der Waals surface area contributed by atoms with Gasteiger partial charge in [-0.05, 0) is 29.2 Å². The van der Waals surface area contributed by atoms with E-state index in [2.05, 4.69) is 5.32 Å². The maximum Gasteiger partial charge on any atom is 0.243 e. The summed E-state index contributed by atoms with van der Waals surface area (Å²) in [6, 6.07) is 15.9. The van der Waals surface area contributed by atoms with E-state index in [1.54, 1.807) is 24.3 Å². The molecule has 132 valence electrons. The molecule has 1 fully saturated rings. The molecule has 1 aliphatic rings. The van der Waals surface area contributed by atoms with Crippen LogP contribution < -0.4 is 5.32 Å². The Hall–Kier alpha value is -2.18. The zero-order valence-corrected chi connectivity index (χ0v) is 15.2. The lowest BCUT2D eigenvalue weighted by molar-refractivity contribution is -0.128. The normalized spacial score (nSPS) is 19.0. The average molecular weight is 358 g/mol. The smallest absolute Gasteiger partial charge is 0.243 e. The minimum absolute atomic E-state index is 0.0985. The summed E-state index contributed by atoms with van der Waals surface area (Å²) in [5, 5.41) is 2.75. The Balaban J connectivity index is 1.93. The third-order valence-corrected chi connectivity index (χ3v) is 6.30. The van der Waals surface area contributed by atoms with Gasteiger partial charge >= 0.3 is 0 Å². The van der Waals surface area contributed by atoms with Gasteiger partial charge in [0.2, 0.25) is 15.9 Å². The van der Waals surface area contributed by atoms with Crippen LogP contribution in [-0.2, 0) is 14.8 Å². The molecule has 1 saturated heterocycles. The number of sulfonamides is 1. The first-order valence-electron chi connectivity index (χ1n) is 8.36. The van der Waals surface area contributed by atoms with Gasteiger partial charge in [0, 0.05) is 13.1 Å². The van der Waals surface area contributed by atoms with Crippen LogP contribution in [0.25, 0.3) is 11.1 Å². The molecular weight excluding hydrogens is 336 g/mol. The van der Waals surface area contributed by atoms with Crippen molar-refractivity contribution < 1.29 is 13.2 Å². The van der Waals surface area contributed by atoms with E-state index in [9.17, 15) is 13.2 Å². The van der Waals surface area contributed by atoms with Crippen molar-refractivity contribution in [2.24, 2.45) is 5.92 Å². The van der Waals surface area contributed by atoms with Gasteiger partial charge in [-0.25, -0.2) is 8.42 Å². The fourth-order valence-corrected chi connectivity index (χ4v) is 4.87. The molecule has 0 radical (unpaired) electrons. The molecule has 2 aromatic carbocycles. The largest absolute Gasteiger partial charge is 0.353 e. The van der Waals surface area contributed by atoms with Crippen molar-refractivity contribution in [3.05, 3.63) is 54.6 Å². The average Bonchev–Trinajstić information content (AvgIpc) is 2.62. The molecule has 1 amide bonds. The van der Waals surface area contributed by atoms with Gasteiger partial charge in [0.05, 0.1) is 4.90 Å². The molecule has 1 aliphatic heterocycles. The molecule has 2 aromatic rings. The van der Waals surface area contributed by atoms with E-state index in [-0.39, 0.29) is 23.3 Å². The maximum absolute atomic E-state index is 13.0. The summed E-state index contributed by atoms with van der Waals surface area (Å²) in [5.74, 6) is -0.329. The molecule has 0 saturated carbocycles. The summed E-state index contributed by atoms with van der Waals surface area (Å²) >= 11 is 0. The standard InChI is InChI=1S/C19H22N2O3S/c1-14(2)18-19(22)20-12-13-21(18)25(23,24)17-10-8-16(9-11-17)15-6-4-3-5-7-15/h3-11,14,18H,12-13H2,1-2H3,(H,20,22). The Kier molecular flexibility index (Phi) is 4.92. The van der Waals surface area contributed by atoms with Crippen LogP contribution in [0.1, 0.15) is 13.8 Å². The van der Waals surface area contributed by atoms with Crippen molar-refractivity contribution in [2.75, 3.05) is 13.1 Å². The van der Waals surface area contributed by atoms with Crippen molar-refractivity contribution in [3.63, 3.8) is 0 Å². The lowest BCUT2D eigenvalue weighted by atomic mass is 10.0. The number of benzene rings is 2. The van der Waals surface area contributed by atoms with Crippen LogP contribution in [0.15, 0.2) is 59.5 Å². The summed E-state index contributed by atoms with van der Waals surface area (Å²) in [6.45, 7) is 4.34. The number of nitrogens with zero attached hydrogens (tertiary/aromatic N) is 1. The zero-order chi connectivity index (χ0) is 18.0. The van der Waals surface area contributed by atoms with Gasteiger partial charge in [-0.1, -0.05) is 56.3 Å². The summed E-state index contributed by atoms with van der Waals surface area (Å²) in [4.78, 5) is 12.4. The number of carbonyl (C=O) groups excluding carboxylic acids is 1. The Labute approximate surface area is 148 Å². The Bertz CT molecular complexity index is 846. The summed E-state index contributed by atoms with van der Waals surface area (Å²) < 4.78 is 27.4. The van der Waals surface area contributed by atoms with Crippen molar-refractivity contribution in [3.8, 4) is 11.1 Å². The quantitative estimate of drug-likeness (QED) is 0.913. The maximum atomic E-state index is 13.0. The van der Waals surface area contributed by atoms with Crippen molar-refractivity contribution in [1.82, 2.24) is 9.62 Å². The van der Waals surface area contributed by atoms with Gasteiger partial charge < -0.3 is 5.32 Å². The van der Waals surface area contributed by atoms with Crippen molar-refractivity contribution in [2.45, 2.75) is 24.8 Å². The van der Waals surface area contributed by atoms with Gasteiger partial charge in [0.15, 0.2) is 0 Å². The lowest BCUT2D eigenvalue weighted by Crippen LogP contribution is -2.58. The molecular formula is C19H22N2O3S. The van der Waals surface area contributed by atoms with Gasteiger partial charge in [-0.3, -0.25) is 4.79 Å². The number of carbonyl (C=O) groups is 1. The molecule has 3 rings (SSSR count). The number of piperazine rings is 1. The summed E-state index contributed by atoms with van der Waals surface area (Å²) in [7, 11) is -3.72. The molecule has 6 heteroatoms. The van der Waals surface area contributed by atoms with E-state index >= 15 is 0 Å². The predicted octanol–water partition coefficient (Wildman–Crippen LogP) is 2.50. The second-order valence-electron chi connectivity index (χ2n) is 6.49. The molecule has 0 aromatic heterocycles. The third-order valence-electron chi connectivity index (χ3n) is 4.41. The van der Waals surface area contributed by atoms with Crippen LogP contribution in [0.2, 0.25) is 0 Å². The summed E-state index contributed by atoms with van der Waals surface area (Å²) in [6.07, 6.45) is 0. The van der Waals surface area contributed by atoms with Gasteiger partial charge in [-0.2, -0.15) is 4.31 Å². The second kappa shape index (κ2) is 6.98. The van der Waals surface area contributed by atoms with Crippen molar-refractivity contribution >= 4 is 15.9 Å². The molecule has 1 N–H and O–H groups in total. The highest BCUT2D eigenvalue weighted by molar-refractivity contribution is 7.89. The molecule has 5 nitrogen and oxygen atoms in total. The molecule has 1 unspecified atom stereocenters. The topological polar surface area (TPSA) is 66.5 Å². The number of hydrogen-bond donors (Lipinski definition) is 1. The molecule has 0 spiro atoms. The van der Waals surface area contributed by atoms with Gasteiger partial charge in [0.25, 0.3) is 0 Å². The summed E-state index contributed by atoms with van der Waals surface area (Å²) in [5.41, 5.74) is 1.99. The van der Waals surface area contributed by atoms with E-state index < -0.39 is 16.1 Å². The van der Waals surface area contributed by atoms with Crippen LogP contribution in [0, 0.1) is 5.92 Å². The second-order valence-corrected chi connectivity index (χ2v) is 8.38. The number of nitrogens with one attached hydrogen (secondary N) is 1. The van der Waals surface area contributed by atoms with Crippen molar-refractivity contribution in [1.29, 1.82) is 0 Å². The first-order valence-corrected chi connectivity index (χ1v) is 9.80. The van der Waals surface area contributed by atoms with E-state index in [4.69, 9.17) is 0 Å².